The molecular weight excluding hydrogens is 304 g/mol. The Morgan fingerprint density at radius 2 is 2.13 bits per heavy atom. The summed E-state index contributed by atoms with van der Waals surface area (Å²) in [7, 11) is 3.07. The van der Waals surface area contributed by atoms with E-state index in [9.17, 15) is 14.9 Å². The minimum Gasteiger partial charge on any atom is -0.484 e. The minimum absolute atomic E-state index is 0.0240. The number of carbonyl (C=O) groups excluding carboxylic acids is 1. The van der Waals surface area contributed by atoms with Gasteiger partial charge in [-0.05, 0) is 19.1 Å². The van der Waals surface area contributed by atoms with E-state index >= 15 is 0 Å². The van der Waals surface area contributed by atoms with Gasteiger partial charge < -0.3 is 14.8 Å². The highest BCUT2D eigenvalue weighted by Gasteiger charge is 2.26. The van der Waals surface area contributed by atoms with Gasteiger partial charge in [-0.2, -0.15) is 5.10 Å². The van der Waals surface area contributed by atoms with Crippen LogP contribution in [0.5, 0.6) is 17.4 Å². The number of nitrogens with zero attached hydrogens (tertiary/aromatic N) is 3. The van der Waals surface area contributed by atoms with Gasteiger partial charge in [-0.1, -0.05) is 6.07 Å². The third-order valence-corrected chi connectivity index (χ3v) is 2.99. The molecule has 0 fully saturated rings. The SMILES string of the molecule is CNC(=O)COc1cccc(Oc2c([N+](=O)[O-])c(C)nn2C)c1. The number of aromatic nitrogens is 2. The van der Waals surface area contributed by atoms with E-state index in [1.54, 1.807) is 25.2 Å². The van der Waals surface area contributed by atoms with Gasteiger partial charge in [-0.25, -0.2) is 4.68 Å². The highest BCUT2D eigenvalue weighted by Crippen LogP contribution is 2.34. The van der Waals surface area contributed by atoms with Crippen LogP contribution in [0.1, 0.15) is 5.69 Å². The van der Waals surface area contributed by atoms with E-state index in [2.05, 4.69) is 10.4 Å². The Kier molecular flexibility index (Phi) is 4.79. The fourth-order valence-corrected chi connectivity index (χ4v) is 1.91. The van der Waals surface area contributed by atoms with E-state index in [1.807, 2.05) is 0 Å². The fraction of sp³-hybridized carbons (Fsp3) is 0.286. The Hall–Kier alpha value is -3.10. The first-order valence-electron chi connectivity index (χ1n) is 6.71. The van der Waals surface area contributed by atoms with Crippen molar-refractivity contribution in [3.8, 4) is 17.4 Å². The molecule has 0 saturated heterocycles. The number of aryl methyl sites for hydroxylation is 2. The zero-order valence-corrected chi connectivity index (χ0v) is 12.9. The normalized spacial score (nSPS) is 10.2. The van der Waals surface area contributed by atoms with Gasteiger partial charge >= 0.3 is 5.69 Å². The molecule has 0 radical (unpaired) electrons. The van der Waals surface area contributed by atoms with Gasteiger partial charge in [0.05, 0.1) is 4.92 Å². The van der Waals surface area contributed by atoms with Crippen LogP contribution in [0.15, 0.2) is 24.3 Å². The molecule has 0 saturated carbocycles. The molecule has 2 rings (SSSR count). The summed E-state index contributed by atoms with van der Waals surface area (Å²) >= 11 is 0. The highest BCUT2D eigenvalue weighted by molar-refractivity contribution is 5.77. The van der Waals surface area contributed by atoms with Crippen molar-refractivity contribution in [3.05, 3.63) is 40.1 Å². The number of hydrogen-bond acceptors (Lipinski definition) is 6. The first-order valence-corrected chi connectivity index (χ1v) is 6.71. The number of nitrogens with one attached hydrogen (secondary N) is 1. The number of rotatable bonds is 6. The van der Waals surface area contributed by atoms with Gasteiger partial charge in [0.15, 0.2) is 6.61 Å². The third-order valence-electron chi connectivity index (χ3n) is 2.99. The number of ether oxygens (including phenoxy) is 2. The standard InChI is InChI=1S/C14H16N4O5/c1-9-13(18(20)21)14(17(3)16-9)23-11-6-4-5-10(7-11)22-8-12(19)15-2/h4-7H,8H2,1-3H3,(H,15,19). The molecule has 1 N–H and O–H groups in total. The van der Waals surface area contributed by atoms with E-state index in [0.29, 0.717) is 11.5 Å². The van der Waals surface area contributed by atoms with E-state index in [0.717, 1.165) is 0 Å². The van der Waals surface area contributed by atoms with Crippen LogP contribution in [-0.4, -0.2) is 34.3 Å². The van der Waals surface area contributed by atoms with Gasteiger partial charge in [0.1, 0.15) is 17.2 Å². The number of nitro groups is 1. The van der Waals surface area contributed by atoms with Gasteiger partial charge in [0.2, 0.25) is 0 Å². The predicted molar refractivity (Wildman–Crippen MR) is 80.7 cm³/mol. The molecule has 1 aromatic carbocycles. The van der Waals surface area contributed by atoms with Crippen LogP contribution >= 0.6 is 0 Å². The fourth-order valence-electron chi connectivity index (χ4n) is 1.91. The summed E-state index contributed by atoms with van der Waals surface area (Å²) in [5.41, 5.74) is 0.0729. The van der Waals surface area contributed by atoms with Gasteiger partial charge in [-0.15, -0.1) is 0 Å². The van der Waals surface area contributed by atoms with Crippen LogP contribution < -0.4 is 14.8 Å². The number of hydrogen-bond donors (Lipinski definition) is 1. The molecule has 23 heavy (non-hydrogen) atoms. The van der Waals surface area contributed by atoms with E-state index in [4.69, 9.17) is 9.47 Å². The van der Waals surface area contributed by atoms with Crippen molar-refractivity contribution in [1.82, 2.24) is 15.1 Å². The molecule has 1 heterocycles. The third kappa shape index (κ3) is 3.76. The van der Waals surface area contributed by atoms with Crippen LogP contribution in [0.4, 0.5) is 5.69 Å². The number of benzene rings is 1. The molecular formula is C14H16N4O5. The Morgan fingerprint density at radius 1 is 1.43 bits per heavy atom. The second kappa shape index (κ2) is 6.77. The summed E-state index contributed by atoms with van der Waals surface area (Å²) in [5, 5.41) is 17.6. The lowest BCUT2D eigenvalue weighted by Gasteiger charge is -2.08. The summed E-state index contributed by atoms with van der Waals surface area (Å²) < 4.78 is 12.2. The summed E-state index contributed by atoms with van der Waals surface area (Å²) in [6.07, 6.45) is 0. The first kappa shape index (κ1) is 16.3. The lowest BCUT2D eigenvalue weighted by Crippen LogP contribution is -2.24. The van der Waals surface area contributed by atoms with Crippen LogP contribution in [0.25, 0.3) is 0 Å². The topological polar surface area (TPSA) is 109 Å². The summed E-state index contributed by atoms with van der Waals surface area (Å²) in [5.74, 6) is 0.503. The van der Waals surface area contributed by atoms with Gasteiger partial charge in [0, 0.05) is 20.2 Å². The lowest BCUT2D eigenvalue weighted by molar-refractivity contribution is -0.386. The molecule has 1 amide bonds. The molecule has 1 aromatic heterocycles. The van der Waals surface area contributed by atoms with E-state index < -0.39 is 4.92 Å². The van der Waals surface area contributed by atoms with Crippen LogP contribution in [0.3, 0.4) is 0 Å². The van der Waals surface area contributed by atoms with Crippen molar-refractivity contribution < 1.29 is 19.2 Å². The quantitative estimate of drug-likeness (QED) is 0.639. The molecule has 0 spiro atoms. The number of amides is 1. The van der Waals surface area contributed by atoms with Crippen molar-refractivity contribution in [3.63, 3.8) is 0 Å². The molecule has 0 aliphatic rings. The average molecular weight is 320 g/mol. The Balaban J connectivity index is 2.21. The zero-order valence-electron chi connectivity index (χ0n) is 12.9. The number of likely N-dealkylation sites (N-methyl/N-ethyl adjacent to an activating group) is 1. The molecule has 0 atom stereocenters. The van der Waals surface area contributed by atoms with Crippen molar-refractivity contribution in [2.75, 3.05) is 13.7 Å². The molecule has 0 bridgehead atoms. The largest absolute Gasteiger partial charge is 0.484 e. The second-order valence-electron chi connectivity index (χ2n) is 4.66. The molecule has 2 aromatic rings. The molecule has 122 valence electrons. The van der Waals surface area contributed by atoms with Gasteiger partial charge in [-0.3, -0.25) is 14.9 Å². The summed E-state index contributed by atoms with van der Waals surface area (Å²) in [6.45, 7) is 1.40. The number of carbonyl (C=O) groups is 1. The highest BCUT2D eigenvalue weighted by atomic mass is 16.6. The first-order chi connectivity index (χ1) is 10.9. The lowest BCUT2D eigenvalue weighted by atomic mass is 10.3. The zero-order chi connectivity index (χ0) is 17.0. The van der Waals surface area contributed by atoms with Crippen molar-refractivity contribution in [1.29, 1.82) is 0 Å². The van der Waals surface area contributed by atoms with Crippen LogP contribution in [0, 0.1) is 17.0 Å². The predicted octanol–water partition coefficient (Wildman–Crippen LogP) is 1.55. The van der Waals surface area contributed by atoms with Crippen molar-refractivity contribution >= 4 is 11.6 Å². The minimum atomic E-state index is -0.538. The summed E-state index contributed by atoms with van der Waals surface area (Å²) in [4.78, 5) is 21.8. The smallest absolute Gasteiger partial charge is 0.353 e. The van der Waals surface area contributed by atoms with Crippen molar-refractivity contribution in [2.24, 2.45) is 7.05 Å². The van der Waals surface area contributed by atoms with Gasteiger partial charge in [0.25, 0.3) is 11.8 Å². The van der Waals surface area contributed by atoms with E-state index in [-0.39, 0.29) is 29.8 Å². The second-order valence-corrected chi connectivity index (χ2v) is 4.66. The van der Waals surface area contributed by atoms with Crippen LogP contribution in [0.2, 0.25) is 0 Å². The Morgan fingerprint density at radius 3 is 2.78 bits per heavy atom. The van der Waals surface area contributed by atoms with Crippen LogP contribution in [-0.2, 0) is 11.8 Å². The Labute approximate surface area is 132 Å². The monoisotopic (exact) mass is 320 g/mol. The Bertz CT molecular complexity index is 741. The van der Waals surface area contributed by atoms with E-state index in [1.165, 1.54) is 24.7 Å². The summed E-state index contributed by atoms with van der Waals surface area (Å²) in [6, 6.07) is 6.47. The van der Waals surface area contributed by atoms with Crippen molar-refractivity contribution in [2.45, 2.75) is 6.92 Å². The molecule has 0 unspecified atom stereocenters. The maximum Gasteiger partial charge on any atom is 0.353 e. The maximum atomic E-state index is 11.2. The molecule has 9 heteroatoms. The molecule has 0 aliphatic carbocycles. The molecule has 0 aliphatic heterocycles. The molecule has 9 nitrogen and oxygen atoms in total. The maximum absolute atomic E-state index is 11.2. The average Bonchev–Trinajstić information content (AvgIpc) is 2.79.